The number of hydrogen-bond donors (Lipinski definition) is 2. The molecule has 0 fully saturated rings. The Balaban J connectivity index is 2.26. The van der Waals surface area contributed by atoms with E-state index in [1.165, 1.54) is 13.0 Å². The Hall–Kier alpha value is -2.95. The molecule has 2 aromatic carbocycles. The standard InChI is InChI=1S/C18H16N2O3/c1-10-7-16(22)20-18-13-6-4-3-5-12(13)15(9-14(10)18)19-17(23)8-11(2)21/h3-7,9H,8H2,1-2H3,(H,19,23)(H,20,22). The van der Waals surface area contributed by atoms with Gasteiger partial charge in [0.2, 0.25) is 11.5 Å². The van der Waals surface area contributed by atoms with Crippen LogP contribution < -0.4 is 10.9 Å². The van der Waals surface area contributed by atoms with E-state index >= 15 is 0 Å². The van der Waals surface area contributed by atoms with E-state index in [0.717, 1.165) is 27.2 Å². The molecule has 0 atom stereocenters. The van der Waals surface area contributed by atoms with E-state index in [1.807, 2.05) is 37.3 Å². The van der Waals surface area contributed by atoms with E-state index < -0.39 is 0 Å². The van der Waals surface area contributed by atoms with Gasteiger partial charge in [0.1, 0.15) is 5.78 Å². The van der Waals surface area contributed by atoms with Crippen molar-refractivity contribution in [2.75, 3.05) is 5.32 Å². The second-order valence-electron chi connectivity index (χ2n) is 5.64. The summed E-state index contributed by atoms with van der Waals surface area (Å²) in [5.74, 6) is -0.530. The van der Waals surface area contributed by atoms with E-state index in [9.17, 15) is 14.4 Å². The summed E-state index contributed by atoms with van der Waals surface area (Å²) in [5, 5.41) is 5.33. The highest BCUT2D eigenvalue weighted by molar-refractivity contribution is 6.15. The number of hydrogen-bond acceptors (Lipinski definition) is 3. The second kappa shape index (κ2) is 5.68. The number of anilines is 1. The third kappa shape index (κ3) is 2.85. The summed E-state index contributed by atoms with van der Waals surface area (Å²) in [6, 6.07) is 10.9. The van der Waals surface area contributed by atoms with Crippen molar-refractivity contribution in [2.45, 2.75) is 20.3 Å². The molecule has 0 unspecified atom stereocenters. The fourth-order valence-corrected chi connectivity index (χ4v) is 2.78. The summed E-state index contributed by atoms with van der Waals surface area (Å²) >= 11 is 0. The number of pyridine rings is 1. The van der Waals surface area contributed by atoms with Crippen LogP contribution in [0.1, 0.15) is 18.9 Å². The zero-order valence-corrected chi connectivity index (χ0v) is 12.9. The first-order chi connectivity index (χ1) is 11.0. The Morgan fingerprint density at radius 3 is 2.48 bits per heavy atom. The summed E-state index contributed by atoms with van der Waals surface area (Å²) in [6.45, 7) is 3.24. The lowest BCUT2D eigenvalue weighted by Crippen LogP contribution is -2.15. The normalized spacial score (nSPS) is 10.9. The molecule has 3 rings (SSSR count). The van der Waals surface area contributed by atoms with Gasteiger partial charge in [0, 0.05) is 27.9 Å². The summed E-state index contributed by atoms with van der Waals surface area (Å²) < 4.78 is 0. The molecule has 5 heteroatoms. The van der Waals surface area contributed by atoms with Crippen LogP contribution >= 0.6 is 0 Å². The SMILES string of the molecule is CC(=O)CC(=O)Nc1cc2c(C)cc(=O)[nH]c2c2ccccc12. The molecule has 0 radical (unpaired) electrons. The molecule has 116 valence electrons. The van der Waals surface area contributed by atoms with Crippen molar-refractivity contribution in [2.24, 2.45) is 0 Å². The van der Waals surface area contributed by atoms with Crippen LogP contribution in [0.3, 0.4) is 0 Å². The van der Waals surface area contributed by atoms with Crippen LogP contribution in [0.25, 0.3) is 21.7 Å². The molecule has 0 aliphatic heterocycles. The Labute approximate surface area is 132 Å². The number of carbonyl (C=O) groups excluding carboxylic acids is 2. The smallest absolute Gasteiger partial charge is 0.248 e. The molecule has 23 heavy (non-hydrogen) atoms. The van der Waals surface area contributed by atoms with E-state index in [0.29, 0.717) is 5.69 Å². The number of fused-ring (bicyclic) bond motifs is 3. The lowest BCUT2D eigenvalue weighted by molar-refractivity contribution is -0.124. The van der Waals surface area contributed by atoms with Gasteiger partial charge < -0.3 is 10.3 Å². The Morgan fingerprint density at radius 1 is 1.09 bits per heavy atom. The van der Waals surface area contributed by atoms with Gasteiger partial charge in [0.25, 0.3) is 0 Å². The number of H-pyrrole nitrogens is 1. The number of aryl methyl sites for hydroxylation is 1. The van der Waals surface area contributed by atoms with Gasteiger partial charge in [-0.2, -0.15) is 0 Å². The van der Waals surface area contributed by atoms with Crippen molar-refractivity contribution in [1.82, 2.24) is 4.98 Å². The highest BCUT2D eigenvalue weighted by atomic mass is 16.2. The van der Waals surface area contributed by atoms with Gasteiger partial charge >= 0.3 is 0 Å². The Kier molecular flexibility index (Phi) is 3.70. The zero-order valence-electron chi connectivity index (χ0n) is 12.9. The number of benzene rings is 2. The summed E-state index contributed by atoms with van der Waals surface area (Å²) in [7, 11) is 0. The van der Waals surface area contributed by atoms with Crippen LogP contribution in [0, 0.1) is 6.92 Å². The van der Waals surface area contributed by atoms with Gasteiger partial charge in [-0.15, -0.1) is 0 Å². The average Bonchev–Trinajstić information content (AvgIpc) is 2.47. The van der Waals surface area contributed by atoms with Gasteiger partial charge in [-0.3, -0.25) is 14.4 Å². The van der Waals surface area contributed by atoms with E-state index in [4.69, 9.17) is 0 Å². The molecular weight excluding hydrogens is 292 g/mol. The zero-order chi connectivity index (χ0) is 16.6. The first kappa shape index (κ1) is 15.0. The molecular formula is C18H16N2O3. The minimum absolute atomic E-state index is 0.156. The predicted molar refractivity (Wildman–Crippen MR) is 90.7 cm³/mol. The van der Waals surface area contributed by atoms with Crippen LogP contribution in [0.5, 0.6) is 0 Å². The molecule has 0 spiro atoms. The van der Waals surface area contributed by atoms with Gasteiger partial charge in [-0.25, -0.2) is 0 Å². The van der Waals surface area contributed by atoms with Gasteiger partial charge in [-0.05, 0) is 25.5 Å². The molecule has 2 N–H and O–H groups in total. The van der Waals surface area contributed by atoms with Crippen LogP contribution in [0.2, 0.25) is 0 Å². The first-order valence-electron chi connectivity index (χ1n) is 7.30. The third-order valence-electron chi connectivity index (χ3n) is 3.75. The highest BCUT2D eigenvalue weighted by Gasteiger charge is 2.12. The number of rotatable bonds is 3. The number of aromatic nitrogens is 1. The lowest BCUT2D eigenvalue weighted by Gasteiger charge is -2.12. The van der Waals surface area contributed by atoms with Crippen LogP contribution in [-0.2, 0) is 9.59 Å². The number of Topliss-reactive ketones (excluding diaryl/α,β-unsaturated/α-hetero) is 1. The minimum atomic E-state index is -0.343. The van der Waals surface area contributed by atoms with Crippen molar-refractivity contribution in [3.63, 3.8) is 0 Å². The summed E-state index contributed by atoms with van der Waals surface area (Å²) in [5.41, 5.74) is 2.05. The Bertz CT molecular complexity index is 1000. The molecule has 1 amide bonds. The Morgan fingerprint density at radius 2 is 1.78 bits per heavy atom. The van der Waals surface area contributed by atoms with Crippen molar-refractivity contribution < 1.29 is 9.59 Å². The number of ketones is 1. The van der Waals surface area contributed by atoms with E-state index in [2.05, 4.69) is 10.3 Å². The molecule has 1 heterocycles. The van der Waals surface area contributed by atoms with Crippen molar-refractivity contribution >= 4 is 39.1 Å². The lowest BCUT2D eigenvalue weighted by atomic mass is 10.0. The third-order valence-corrected chi connectivity index (χ3v) is 3.75. The number of amides is 1. The molecule has 1 aromatic heterocycles. The van der Waals surface area contributed by atoms with Crippen LogP contribution in [0.4, 0.5) is 5.69 Å². The number of carbonyl (C=O) groups is 2. The highest BCUT2D eigenvalue weighted by Crippen LogP contribution is 2.31. The molecule has 3 aromatic rings. The molecule has 0 aliphatic rings. The van der Waals surface area contributed by atoms with Gasteiger partial charge in [-0.1, -0.05) is 24.3 Å². The van der Waals surface area contributed by atoms with Gasteiger partial charge in [0.15, 0.2) is 0 Å². The monoisotopic (exact) mass is 308 g/mol. The maximum absolute atomic E-state index is 12.0. The molecule has 0 saturated heterocycles. The molecule has 0 aliphatic carbocycles. The topological polar surface area (TPSA) is 79.0 Å². The molecule has 0 bridgehead atoms. The van der Waals surface area contributed by atoms with E-state index in [1.54, 1.807) is 0 Å². The average molecular weight is 308 g/mol. The van der Waals surface area contributed by atoms with Crippen molar-refractivity contribution in [1.29, 1.82) is 0 Å². The maximum atomic E-state index is 12.0. The summed E-state index contributed by atoms with van der Waals surface area (Å²) in [4.78, 5) is 37.7. The predicted octanol–water partition coefficient (Wildman–Crippen LogP) is 2.91. The second-order valence-corrected chi connectivity index (χ2v) is 5.64. The van der Waals surface area contributed by atoms with Crippen molar-refractivity contribution in [3.05, 3.63) is 52.3 Å². The van der Waals surface area contributed by atoms with Gasteiger partial charge in [0.05, 0.1) is 11.9 Å². The first-order valence-corrected chi connectivity index (χ1v) is 7.30. The molecule has 5 nitrogen and oxygen atoms in total. The number of nitrogens with one attached hydrogen (secondary N) is 2. The van der Waals surface area contributed by atoms with Crippen molar-refractivity contribution in [3.8, 4) is 0 Å². The van der Waals surface area contributed by atoms with Crippen LogP contribution in [-0.4, -0.2) is 16.7 Å². The largest absolute Gasteiger partial charge is 0.325 e. The minimum Gasteiger partial charge on any atom is -0.325 e. The summed E-state index contributed by atoms with van der Waals surface area (Å²) in [6.07, 6.45) is -0.156. The fraction of sp³-hybridized carbons (Fsp3) is 0.167. The van der Waals surface area contributed by atoms with Crippen LogP contribution in [0.15, 0.2) is 41.2 Å². The number of aromatic amines is 1. The molecule has 0 saturated carbocycles. The quantitative estimate of drug-likeness (QED) is 0.577. The van der Waals surface area contributed by atoms with E-state index in [-0.39, 0.29) is 23.7 Å². The maximum Gasteiger partial charge on any atom is 0.248 e. The fourth-order valence-electron chi connectivity index (χ4n) is 2.78.